The molecule has 0 aromatic carbocycles. The molecule has 0 bridgehead atoms. The minimum Gasteiger partial charge on any atom is -0.481 e. The number of hydrogen-bond acceptors (Lipinski definition) is 5. The molecule has 1 saturated heterocycles. The van der Waals surface area contributed by atoms with E-state index >= 15 is 0 Å². The Morgan fingerprint density at radius 2 is 1.77 bits per heavy atom. The average molecular weight is 412 g/mol. The number of rotatable bonds is 12. The van der Waals surface area contributed by atoms with E-state index in [-0.39, 0.29) is 12.3 Å². The van der Waals surface area contributed by atoms with Crippen LogP contribution in [0.1, 0.15) is 62.7 Å². The quantitative estimate of drug-likeness (QED) is 0.278. The van der Waals surface area contributed by atoms with Gasteiger partial charge < -0.3 is 5.11 Å². The number of thiocarbonyl (C=S) groups is 1. The zero-order chi connectivity index (χ0) is 18.8. The Bertz CT molecular complexity index is 640. The second kappa shape index (κ2) is 11.5. The number of carbonyl (C=O) groups excluding carboxylic acids is 1. The van der Waals surface area contributed by atoms with Crippen LogP contribution in [0.25, 0.3) is 6.08 Å². The van der Waals surface area contributed by atoms with Gasteiger partial charge in [-0.05, 0) is 30.4 Å². The molecule has 1 fully saturated rings. The predicted octanol–water partition coefficient (Wildman–Crippen LogP) is 5.54. The van der Waals surface area contributed by atoms with E-state index in [9.17, 15) is 9.59 Å². The van der Waals surface area contributed by atoms with E-state index in [0.717, 1.165) is 54.7 Å². The van der Waals surface area contributed by atoms with Gasteiger partial charge in [-0.3, -0.25) is 14.5 Å². The van der Waals surface area contributed by atoms with Gasteiger partial charge in [0, 0.05) is 17.8 Å². The monoisotopic (exact) mass is 411 g/mol. The van der Waals surface area contributed by atoms with Crippen LogP contribution in [0.3, 0.4) is 0 Å². The van der Waals surface area contributed by atoms with Gasteiger partial charge in [0.25, 0.3) is 5.91 Å². The van der Waals surface area contributed by atoms with Crippen LogP contribution >= 0.6 is 35.3 Å². The van der Waals surface area contributed by atoms with Crippen molar-refractivity contribution in [2.45, 2.75) is 57.8 Å². The average Bonchev–Trinajstić information content (AvgIpc) is 3.19. The molecule has 4 nitrogen and oxygen atoms in total. The summed E-state index contributed by atoms with van der Waals surface area (Å²) in [5.74, 6) is -0.669. The Hall–Kier alpha value is -1.18. The molecule has 1 aliphatic rings. The maximum atomic E-state index is 12.5. The van der Waals surface area contributed by atoms with Gasteiger partial charge in [0.05, 0.1) is 4.91 Å². The molecule has 7 heteroatoms. The molecular weight excluding hydrogens is 386 g/mol. The molecular formula is C19H25NO3S3. The molecule has 142 valence electrons. The number of aliphatic carboxylic acids is 1. The van der Waals surface area contributed by atoms with E-state index in [1.807, 2.05) is 23.6 Å². The third-order valence-electron chi connectivity index (χ3n) is 4.21. The number of amides is 1. The molecule has 0 saturated carbocycles. The predicted molar refractivity (Wildman–Crippen MR) is 113 cm³/mol. The van der Waals surface area contributed by atoms with Gasteiger partial charge in [-0.25, -0.2) is 0 Å². The fraction of sp³-hybridized carbons (Fsp3) is 0.526. The second-order valence-corrected chi connectivity index (χ2v) is 8.98. The van der Waals surface area contributed by atoms with Gasteiger partial charge in [0.2, 0.25) is 0 Å². The minimum atomic E-state index is -0.703. The summed E-state index contributed by atoms with van der Waals surface area (Å²) in [6, 6.07) is 3.97. The molecule has 1 N–H and O–H groups in total. The summed E-state index contributed by atoms with van der Waals surface area (Å²) in [6.45, 7) is 0.699. The fourth-order valence-electron chi connectivity index (χ4n) is 2.80. The van der Waals surface area contributed by atoms with Crippen LogP contribution in [0.2, 0.25) is 0 Å². The summed E-state index contributed by atoms with van der Waals surface area (Å²) in [6.07, 6.45) is 10.6. The summed E-state index contributed by atoms with van der Waals surface area (Å²) in [4.78, 5) is 26.4. The molecule has 1 aromatic rings. The number of hydrogen-bond donors (Lipinski definition) is 1. The molecule has 26 heavy (non-hydrogen) atoms. The highest BCUT2D eigenvalue weighted by Crippen LogP contribution is 2.33. The van der Waals surface area contributed by atoms with Crippen molar-refractivity contribution in [2.75, 3.05) is 6.54 Å². The van der Waals surface area contributed by atoms with Crippen LogP contribution in [0.15, 0.2) is 22.4 Å². The first-order valence-corrected chi connectivity index (χ1v) is 11.2. The standard InChI is InChI=1S/C19H25NO3S3/c21-17(22)11-7-5-3-1-2-4-6-8-12-20-18(23)16(26-19(20)24)14-15-10-9-13-25-15/h9-10,13-14H,1-8,11-12H2,(H,21,22)/b16-14-. The first-order valence-electron chi connectivity index (χ1n) is 9.08. The Balaban J connectivity index is 1.57. The Kier molecular flexibility index (Phi) is 9.36. The van der Waals surface area contributed by atoms with Gasteiger partial charge in [0.15, 0.2) is 0 Å². The molecule has 1 aromatic heterocycles. The molecule has 1 amide bonds. The maximum absolute atomic E-state index is 12.5. The van der Waals surface area contributed by atoms with E-state index in [1.165, 1.54) is 18.2 Å². The van der Waals surface area contributed by atoms with Crippen molar-refractivity contribution in [1.29, 1.82) is 0 Å². The van der Waals surface area contributed by atoms with Gasteiger partial charge in [-0.15, -0.1) is 11.3 Å². The van der Waals surface area contributed by atoms with E-state index in [4.69, 9.17) is 17.3 Å². The van der Waals surface area contributed by atoms with Crippen molar-refractivity contribution in [3.05, 3.63) is 27.3 Å². The lowest BCUT2D eigenvalue weighted by atomic mass is 10.1. The summed E-state index contributed by atoms with van der Waals surface area (Å²) in [5.41, 5.74) is 0. The van der Waals surface area contributed by atoms with E-state index in [1.54, 1.807) is 16.2 Å². The summed E-state index contributed by atoms with van der Waals surface area (Å²) in [5, 5.41) is 10.6. The lowest BCUT2D eigenvalue weighted by Crippen LogP contribution is -2.28. The molecule has 0 spiro atoms. The lowest BCUT2D eigenvalue weighted by molar-refractivity contribution is -0.137. The van der Waals surface area contributed by atoms with Crippen LogP contribution in [0.5, 0.6) is 0 Å². The van der Waals surface area contributed by atoms with E-state index in [2.05, 4.69) is 0 Å². The zero-order valence-electron chi connectivity index (χ0n) is 14.8. The number of thioether (sulfide) groups is 1. The highest BCUT2D eigenvalue weighted by atomic mass is 32.2. The van der Waals surface area contributed by atoms with Gasteiger partial charge >= 0.3 is 5.97 Å². The van der Waals surface area contributed by atoms with Crippen LogP contribution in [-0.4, -0.2) is 32.7 Å². The molecule has 0 atom stereocenters. The molecule has 1 aliphatic heterocycles. The normalized spacial score (nSPS) is 16.0. The lowest BCUT2D eigenvalue weighted by Gasteiger charge is -2.14. The van der Waals surface area contributed by atoms with Crippen molar-refractivity contribution in [3.63, 3.8) is 0 Å². The van der Waals surface area contributed by atoms with Crippen LogP contribution < -0.4 is 0 Å². The van der Waals surface area contributed by atoms with Crippen molar-refractivity contribution in [2.24, 2.45) is 0 Å². The highest BCUT2D eigenvalue weighted by molar-refractivity contribution is 8.26. The van der Waals surface area contributed by atoms with Crippen LogP contribution in [0, 0.1) is 0 Å². The number of unbranched alkanes of at least 4 members (excludes halogenated alkanes) is 7. The molecule has 2 heterocycles. The Morgan fingerprint density at radius 3 is 2.38 bits per heavy atom. The number of nitrogens with zero attached hydrogens (tertiary/aromatic N) is 1. The van der Waals surface area contributed by atoms with Crippen molar-refractivity contribution >= 4 is 57.6 Å². The number of carboxylic acid groups (broad SMARTS) is 1. The summed E-state index contributed by atoms with van der Waals surface area (Å²) < 4.78 is 0.663. The van der Waals surface area contributed by atoms with Crippen molar-refractivity contribution in [1.82, 2.24) is 4.90 Å². The number of carboxylic acids is 1. The van der Waals surface area contributed by atoms with Gasteiger partial charge in [-0.1, -0.05) is 68.6 Å². The summed E-state index contributed by atoms with van der Waals surface area (Å²) >= 11 is 8.37. The van der Waals surface area contributed by atoms with Gasteiger partial charge in [0.1, 0.15) is 4.32 Å². The third kappa shape index (κ3) is 7.21. The van der Waals surface area contributed by atoms with E-state index < -0.39 is 5.97 Å². The Morgan fingerprint density at radius 1 is 1.12 bits per heavy atom. The van der Waals surface area contributed by atoms with Crippen molar-refractivity contribution < 1.29 is 14.7 Å². The topological polar surface area (TPSA) is 57.6 Å². The number of carbonyl (C=O) groups is 2. The third-order valence-corrected chi connectivity index (χ3v) is 6.41. The fourth-order valence-corrected chi connectivity index (χ4v) is 4.83. The van der Waals surface area contributed by atoms with Crippen LogP contribution in [-0.2, 0) is 9.59 Å². The number of thiophene rings is 1. The first kappa shape index (κ1) is 21.1. The molecule has 0 unspecified atom stereocenters. The second-order valence-electron chi connectivity index (χ2n) is 6.32. The molecule has 0 aliphatic carbocycles. The highest BCUT2D eigenvalue weighted by Gasteiger charge is 2.31. The summed E-state index contributed by atoms with van der Waals surface area (Å²) in [7, 11) is 0. The smallest absolute Gasteiger partial charge is 0.303 e. The molecule has 0 radical (unpaired) electrons. The van der Waals surface area contributed by atoms with Gasteiger partial charge in [-0.2, -0.15) is 0 Å². The zero-order valence-corrected chi connectivity index (χ0v) is 17.3. The van der Waals surface area contributed by atoms with Crippen molar-refractivity contribution in [3.8, 4) is 0 Å². The Labute approximate surface area is 168 Å². The van der Waals surface area contributed by atoms with Crippen LogP contribution in [0.4, 0.5) is 0 Å². The molecule has 2 rings (SSSR count). The SMILES string of the molecule is O=C(O)CCCCCCCCCCN1C(=O)/C(=C/c2cccs2)SC1=S. The minimum absolute atomic E-state index is 0.0341. The largest absolute Gasteiger partial charge is 0.481 e. The maximum Gasteiger partial charge on any atom is 0.303 e. The first-order chi connectivity index (χ1) is 12.6. The van der Waals surface area contributed by atoms with E-state index in [0.29, 0.717) is 10.9 Å².